The number of hydrogen-bond acceptors (Lipinski definition) is 5. The lowest BCUT2D eigenvalue weighted by Crippen LogP contribution is -2.52. The fourth-order valence-electron chi connectivity index (χ4n) is 4.39. The fraction of sp³-hybridized carbons (Fsp3) is 0.700. The number of nitrogens with zero attached hydrogens (tertiary/aromatic N) is 2. The van der Waals surface area contributed by atoms with Crippen molar-refractivity contribution in [2.75, 3.05) is 32.8 Å². The van der Waals surface area contributed by atoms with E-state index >= 15 is 0 Å². The highest BCUT2D eigenvalue weighted by atomic mass is 32.1. The lowest BCUT2D eigenvalue weighted by atomic mass is 9.82. The number of carboxylic acid groups (broad SMARTS) is 1. The maximum Gasteiger partial charge on any atom is 0.490 e. The predicted octanol–water partition coefficient (Wildman–Crippen LogP) is 3.15. The third-order valence-electron chi connectivity index (χ3n) is 5.98. The molecule has 1 aromatic rings. The summed E-state index contributed by atoms with van der Waals surface area (Å²) in [6.45, 7) is 7.75. The summed E-state index contributed by atoms with van der Waals surface area (Å²) in [5.74, 6) is -1.80. The molecule has 1 aromatic heterocycles. The van der Waals surface area contributed by atoms with Crippen LogP contribution in [0.25, 0.3) is 0 Å². The monoisotopic (exact) mass is 448 g/mol. The maximum atomic E-state index is 13.0. The Labute approximate surface area is 177 Å². The smallest absolute Gasteiger partial charge is 0.475 e. The summed E-state index contributed by atoms with van der Waals surface area (Å²) in [7, 11) is 0. The lowest BCUT2D eigenvalue weighted by molar-refractivity contribution is -0.192. The molecule has 3 saturated heterocycles. The van der Waals surface area contributed by atoms with Crippen LogP contribution in [0.4, 0.5) is 13.2 Å². The van der Waals surface area contributed by atoms with Crippen LogP contribution in [-0.2, 0) is 20.9 Å². The fourth-order valence-corrected chi connectivity index (χ4v) is 5.33. The van der Waals surface area contributed by atoms with Gasteiger partial charge in [-0.05, 0) is 43.2 Å². The van der Waals surface area contributed by atoms with Crippen LogP contribution in [0.15, 0.2) is 11.4 Å². The van der Waals surface area contributed by atoms with Crippen molar-refractivity contribution in [3.63, 3.8) is 0 Å². The lowest BCUT2D eigenvalue weighted by Gasteiger charge is -2.40. The number of thiophene rings is 1. The second kappa shape index (κ2) is 9.65. The summed E-state index contributed by atoms with van der Waals surface area (Å²) >= 11 is 1.83. The highest BCUT2D eigenvalue weighted by Gasteiger charge is 2.45. The van der Waals surface area contributed by atoms with Crippen LogP contribution < -0.4 is 0 Å². The first-order valence-electron chi connectivity index (χ1n) is 10.1. The van der Waals surface area contributed by atoms with Crippen LogP contribution in [0.1, 0.15) is 29.7 Å². The molecule has 0 saturated carbocycles. The van der Waals surface area contributed by atoms with Gasteiger partial charge in [0.25, 0.3) is 0 Å². The number of amides is 1. The van der Waals surface area contributed by atoms with E-state index in [4.69, 9.17) is 14.6 Å². The van der Waals surface area contributed by atoms with E-state index < -0.39 is 12.1 Å². The molecule has 0 aromatic carbocycles. The molecular formula is C20H27F3N2O4S. The Morgan fingerprint density at radius 1 is 1.27 bits per heavy atom. The van der Waals surface area contributed by atoms with Gasteiger partial charge >= 0.3 is 12.1 Å². The summed E-state index contributed by atoms with van der Waals surface area (Å²) in [4.78, 5) is 27.9. The van der Waals surface area contributed by atoms with Gasteiger partial charge in [0.1, 0.15) is 0 Å². The molecule has 4 rings (SSSR count). The van der Waals surface area contributed by atoms with Crippen LogP contribution in [0, 0.1) is 18.8 Å². The van der Waals surface area contributed by atoms with Crippen LogP contribution in [0.5, 0.6) is 0 Å². The molecule has 0 radical (unpaired) electrons. The number of fused-ring (bicyclic) bond motifs is 1. The summed E-state index contributed by atoms with van der Waals surface area (Å²) in [5.41, 5.74) is 1.37. The van der Waals surface area contributed by atoms with Crippen molar-refractivity contribution in [3.8, 4) is 0 Å². The van der Waals surface area contributed by atoms with Crippen molar-refractivity contribution in [3.05, 3.63) is 21.9 Å². The molecule has 30 heavy (non-hydrogen) atoms. The van der Waals surface area contributed by atoms with Crippen molar-refractivity contribution in [2.45, 2.75) is 45.0 Å². The molecule has 1 amide bonds. The summed E-state index contributed by atoms with van der Waals surface area (Å²) in [6, 6.07) is 2.19. The third kappa shape index (κ3) is 5.53. The highest BCUT2D eigenvalue weighted by Crippen LogP contribution is 2.36. The minimum absolute atomic E-state index is 0.134. The molecule has 0 bridgehead atoms. The number of alkyl halides is 3. The van der Waals surface area contributed by atoms with E-state index in [9.17, 15) is 18.0 Å². The first-order chi connectivity index (χ1) is 14.2. The number of carboxylic acids is 1. The number of halogens is 3. The first-order valence-corrected chi connectivity index (χ1v) is 11.0. The van der Waals surface area contributed by atoms with Gasteiger partial charge in [-0.25, -0.2) is 4.79 Å². The molecule has 0 aliphatic carbocycles. The molecule has 1 N–H and O–H groups in total. The Morgan fingerprint density at radius 3 is 2.50 bits per heavy atom. The Hall–Kier alpha value is -1.65. The molecule has 0 unspecified atom stereocenters. The van der Waals surface area contributed by atoms with Gasteiger partial charge < -0.3 is 14.7 Å². The normalized spacial score (nSPS) is 26.8. The number of hydrogen-bond donors (Lipinski definition) is 1. The van der Waals surface area contributed by atoms with Gasteiger partial charge in [0.15, 0.2) is 0 Å². The van der Waals surface area contributed by atoms with Gasteiger partial charge in [0.2, 0.25) is 5.91 Å². The minimum Gasteiger partial charge on any atom is -0.475 e. The number of rotatable bonds is 3. The van der Waals surface area contributed by atoms with Crippen LogP contribution in [0.2, 0.25) is 0 Å². The molecule has 10 heteroatoms. The van der Waals surface area contributed by atoms with E-state index in [0.29, 0.717) is 11.8 Å². The highest BCUT2D eigenvalue weighted by molar-refractivity contribution is 7.10. The summed E-state index contributed by atoms with van der Waals surface area (Å²) in [6.07, 6.45) is -1.44. The maximum absolute atomic E-state index is 13.0. The quantitative estimate of drug-likeness (QED) is 0.769. The average Bonchev–Trinajstić information content (AvgIpc) is 3.43. The van der Waals surface area contributed by atoms with Gasteiger partial charge in [0, 0.05) is 50.1 Å². The van der Waals surface area contributed by atoms with Crippen molar-refractivity contribution in [1.29, 1.82) is 0 Å². The van der Waals surface area contributed by atoms with E-state index in [0.717, 1.165) is 45.8 Å². The van der Waals surface area contributed by atoms with Gasteiger partial charge in [0.05, 0.1) is 12.0 Å². The zero-order valence-electron chi connectivity index (χ0n) is 16.9. The zero-order valence-corrected chi connectivity index (χ0v) is 17.7. The minimum atomic E-state index is -5.08. The average molecular weight is 449 g/mol. The molecule has 3 aliphatic heterocycles. The van der Waals surface area contributed by atoms with Gasteiger partial charge in [-0.15, -0.1) is 11.3 Å². The first kappa shape index (κ1) is 23.0. The van der Waals surface area contributed by atoms with Gasteiger partial charge in [-0.1, -0.05) is 0 Å². The molecule has 3 aliphatic rings. The van der Waals surface area contributed by atoms with Crippen LogP contribution in [0.3, 0.4) is 0 Å². The Kier molecular flexibility index (Phi) is 7.41. The molecule has 0 spiro atoms. The molecule has 3 fully saturated rings. The number of aryl methyl sites for hydroxylation is 1. The van der Waals surface area contributed by atoms with Gasteiger partial charge in [-0.3, -0.25) is 9.69 Å². The second-order valence-corrected chi connectivity index (χ2v) is 9.03. The second-order valence-electron chi connectivity index (χ2n) is 8.02. The topological polar surface area (TPSA) is 70.1 Å². The molecule has 168 valence electrons. The van der Waals surface area contributed by atoms with E-state index in [2.05, 4.69) is 28.2 Å². The number of likely N-dealkylation sites (tertiary alicyclic amines) is 2. The Balaban J connectivity index is 0.000000318. The van der Waals surface area contributed by atoms with E-state index in [1.807, 2.05) is 11.3 Å². The van der Waals surface area contributed by atoms with Crippen molar-refractivity contribution in [1.82, 2.24) is 9.80 Å². The molecule has 4 heterocycles. The molecule has 6 nitrogen and oxygen atoms in total. The van der Waals surface area contributed by atoms with Crippen LogP contribution >= 0.6 is 11.3 Å². The van der Waals surface area contributed by atoms with Gasteiger partial charge in [-0.2, -0.15) is 13.2 Å². The number of carbonyl (C=O) groups excluding carboxylic acids is 1. The van der Waals surface area contributed by atoms with Crippen LogP contribution in [-0.4, -0.2) is 71.8 Å². The van der Waals surface area contributed by atoms with E-state index in [-0.39, 0.29) is 12.0 Å². The van der Waals surface area contributed by atoms with Crippen molar-refractivity contribution in [2.24, 2.45) is 11.8 Å². The van der Waals surface area contributed by atoms with E-state index in [1.54, 1.807) is 0 Å². The number of aliphatic carboxylic acids is 1. The Bertz CT molecular complexity index is 749. The number of ether oxygens (including phenoxy) is 1. The standard InChI is InChI=1S/C18H26N2O2S.C2HF3O2/c1-13-5-9-23-17(13)12-19-10-15(14-4-8-22-16(14)11-19)18(21)20-6-2-3-7-20;3-2(4,5)1(6)7/h5,9,14-16H,2-4,6-8,10-12H2,1H3;(H,6,7)/t14-,15+,16+;/m0./s1. The number of carbonyl (C=O) groups is 2. The zero-order chi connectivity index (χ0) is 21.9. The van der Waals surface area contributed by atoms with Crippen molar-refractivity contribution < 1.29 is 32.6 Å². The predicted molar refractivity (Wildman–Crippen MR) is 105 cm³/mol. The molecular weight excluding hydrogens is 421 g/mol. The van der Waals surface area contributed by atoms with E-state index in [1.165, 1.54) is 23.3 Å². The largest absolute Gasteiger partial charge is 0.490 e. The summed E-state index contributed by atoms with van der Waals surface area (Å²) in [5, 5.41) is 9.29. The number of piperidine rings is 1. The summed E-state index contributed by atoms with van der Waals surface area (Å²) < 4.78 is 37.7. The van der Waals surface area contributed by atoms with Crippen molar-refractivity contribution >= 4 is 23.2 Å². The Morgan fingerprint density at radius 2 is 1.93 bits per heavy atom. The third-order valence-corrected chi connectivity index (χ3v) is 6.99. The SMILES string of the molecule is Cc1ccsc1CN1C[C@H]2OCC[C@H]2[C@H](C(=O)N2CCCC2)C1.O=C(O)C(F)(F)F. The molecule has 3 atom stereocenters.